The maximum Gasteiger partial charge on any atom is 0.255 e. The molecule has 2 saturated heterocycles. The molecule has 1 N–H and O–H groups in total. The first-order chi connectivity index (χ1) is 16.0. The molecule has 0 radical (unpaired) electrons. The number of carbonyl (C=O) groups is 4. The van der Waals surface area contributed by atoms with Crippen molar-refractivity contribution in [1.29, 1.82) is 0 Å². The largest absolute Gasteiger partial charge is 0.369 e. The molecule has 2 heterocycles. The summed E-state index contributed by atoms with van der Waals surface area (Å²) in [5, 5.41) is 2.27. The Labute approximate surface area is 195 Å². The molecule has 3 amide bonds. The van der Waals surface area contributed by atoms with Crippen molar-refractivity contribution in [3.05, 3.63) is 29.3 Å². The van der Waals surface area contributed by atoms with Gasteiger partial charge in [0.1, 0.15) is 6.04 Å². The van der Waals surface area contributed by atoms with Crippen LogP contribution in [0.5, 0.6) is 0 Å². The number of hydrogen-bond acceptors (Lipinski definition) is 6. The molecule has 1 aromatic carbocycles. The minimum atomic E-state index is -0.716. The fraction of sp³-hybridized carbons (Fsp3) is 0.600. The molecular formula is C25H34N4O4. The number of nitrogens with one attached hydrogen (secondary N) is 1. The Bertz CT molecular complexity index is 904. The smallest absolute Gasteiger partial charge is 0.255 e. The Balaban J connectivity index is 1.38. The maximum absolute atomic E-state index is 13.1. The molecule has 178 valence electrons. The van der Waals surface area contributed by atoms with Crippen LogP contribution in [0.1, 0.15) is 65.7 Å². The maximum atomic E-state index is 13.1. The van der Waals surface area contributed by atoms with Gasteiger partial charge >= 0.3 is 0 Å². The zero-order chi connectivity index (χ0) is 23.4. The number of piperidine rings is 1. The van der Waals surface area contributed by atoms with Crippen LogP contribution in [0.15, 0.2) is 18.2 Å². The van der Waals surface area contributed by atoms with Crippen molar-refractivity contribution in [2.24, 2.45) is 5.92 Å². The summed E-state index contributed by atoms with van der Waals surface area (Å²) in [6.07, 6.45) is 8.00. The van der Waals surface area contributed by atoms with Crippen molar-refractivity contribution in [2.45, 2.75) is 51.0 Å². The summed E-state index contributed by atoms with van der Waals surface area (Å²) in [5.41, 5.74) is 1.53. The highest BCUT2D eigenvalue weighted by molar-refractivity contribution is 6.06. The quantitative estimate of drug-likeness (QED) is 0.523. The highest BCUT2D eigenvalue weighted by atomic mass is 16.2. The molecule has 3 fully saturated rings. The van der Waals surface area contributed by atoms with E-state index in [9.17, 15) is 19.2 Å². The van der Waals surface area contributed by atoms with Gasteiger partial charge < -0.3 is 9.80 Å². The van der Waals surface area contributed by atoms with Crippen LogP contribution in [-0.2, 0) is 9.59 Å². The first-order valence-electron chi connectivity index (χ1n) is 12.1. The average Bonchev–Trinajstić information content (AvgIpc) is 2.84. The van der Waals surface area contributed by atoms with E-state index in [4.69, 9.17) is 0 Å². The molecule has 0 spiro atoms. The number of carbonyl (C=O) groups excluding carboxylic acids is 4. The predicted octanol–water partition coefficient (Wildman–Crippen LogP) is 2.08. The Kier molecular flexibility index (Phi) is 7.42. The van der Waals surface area contributed by atoms with E-state index in [-0.39, 0.29) is 24.3 Å². The van der Waals surface area contributed by atoms with Crippen molar-refractivity contribution >= 4 is 29.7 Å². The number of anilines is 1. The Morgan fingerprint density at radius 2 is 1.82 bits per heavy atom. The number of imide groups is 1. The number of nitrogens with zero attached hydrogens (tertiary/aromatic N) is 3. The molecule has 1 aliphatic carbocycles. The summed E-state index contributed by atoms with van der Waals surface area (Å²) in [4.78, 5) is 54.6. The van der Waals surface area contributed by atoms with Crippen LogP contribution in [0, 0.1) is 5.92 Å². The van der Waals surface area contributed by atoms with Crippen molar-refractivity contribution < 1.29 is 19.2 Å². The van der Waals surface area contributed by atoms with Gasteiger partial charge in [-0.05, 0) is 43.4 Å². The fourth-order valence-electron chi connectivity index (χ4n) is 5.35. The van der Waals surface area contributed by atoms with E-state index >= 15 is 0 Å². The monoisotopic (exact) mass is 454 g/mol. The lowest BCUT2D eigenvalue weighted by atomic mass is 9.89. The summed E-state index contributed by atoms with van der Waals surface area (Å²) >= 11 is 0. The third kappa shape index (κ3) is 5.43. The lowest BCUT2D eigenvalue weighted by Gasteiger charge is -2.38. The predicted molar refractivity (Wildman–Crippen MR) is 125 cm³/mol. The zero-order valence-electron chi connectivity index (χ0n) is 19.4. The Morgan fingerprint density at radius 1 is 1.09 bits per heavy atom. The van der Waals surface area contributed by atoms with Gasteiger partial charge in [-0.1, -0.05) is 19.3 Å². The second-order valence-corrected chi connectivity index (χ2v) is 9.56. The topological polar surface area (TPSA) is 90.0 Å². The molecule has 4 rings (SSSR count). The number of hydrogen-bond donors (Lipinski definition) is 1. The second-order valence-electron chi connectivity index (χ2n) is 9.56. The molecule has 3 aliphatic rings. The number of rotatable bonds is 6. The van der Waals surface area contributed by atoms with Crippen molar-refractivity contribution in [3.63, 3.8) is 0 Å². The summed E-state index contributed by atoms with van der Waals surface area (Å²) in [6, 6.07) is 4.62. The lowest BCUT2D eigenvalue weighted by Crippen LogP contribution is -2.53. The summed E-state index contributed by atoms with van der Waals surface area (Å²) < 4.78 is 0. The van der Waals surface area contributed by atoms with Crippen LogP contribution in [0.4, 0.5) is 5.69 Å². The van der Waals surface area contributed by atoms with E-state index in [1.54, 1.807) is 12.1 Å². The average molecular weight is 455 g/mol. The molecule has 1 saturated carbocycles. The summed E-state index contributed by atoms with van der Waals surface area (Å²) in [7, 11) is 1.54. The standard InChI is InChI=1S/C25H34N4O4/c1-27(22-9-10-23(31)26-24(22)32)25(33)21-8-7-20(15-19(21)17-30)29-13-11-28(12-14-29)16-18-5-3-2-4-6-18/h7-8,15,17-18,22H,2-6,9-14,16H2,1H3,(H,26,31,32). The molecule has 1 unspecified atom stereocenters. The number of piperazine rings is 1. The molecule has 8 nitrogen and oxygen atoms in total. The first-order valence-corrected chi connectivity index (χ1v) is 12.1. The number of aldehydes is 1. The molecule has 2 aliphatic heterocycles. The van der Waals surface area contributed by atoms with E-state index in [1.807, 2.05) is 6.07 Å². The van der Waals surface area contributed by atoms with E-state index in [2.05, 4.69) is 15.1 Å². The van der Waals surface area contributed by atoms with Gasteiger partial charge in [-0.3, -0.25) is 29.4 Å². The lowest BCUT2D eigenvalue weighted by molar-refractivity contribution is -0.136. The number of amides is 3. The van der Waals surface area contributed by atoms with Crippen molar-refractivity contribution in [1.82, 2.24) is 15.1 Å². The van der Waals surface area contributed by atoms with Gasteiger partial charge in [0.25, 0.3) is 5.91 Å². The van der Waals surface area contributed by atoms with E-state index < -0.39 is 17.9 Å². The number of benzene rings is 1. The third-order valence-electron chi connectivity index (χ3n) is 7.37. The van der Waals surface area contributed by atoms with Gasteiger partial charge in [0, 0.05) is 57.4 Å². The molecule has 1 aromatic rings. The Morgan fingerprint density at radius 3 is 2.48 bits per heavy atom. The van der Waals surface area contributed by atoms with Crippen LogP contribution in [0.3, 0.4) is 0 Å². The minimum absolute atomic E-state index is 0.195. The van der Waals surface area contributed by atoms with Crippen LogP contribution >= 0.6 is 0 Å². The van der Waals surface area contributed by atoms with Crippen LogP contribution < -0.4 is 10.2 Å². The normalized spacial score (nSPS) is 22.7. The molecular weight excluding hydrogens is 420 g/mol. The van der Waals surface area contributed by atoms with Gasteiger partial charge in [-0.15, -0.1) is 0 Å². The second kappa shape index (κ2) is 10.5. The first kappa shape index (κ1) is 23.4. The molecule has 0 bridgehead atoms. The minimum Gasteiger partial charge on any atom is -0.369 e. The van der Waals surface area contributed by atoms with Gasteiger partial charge in [-0.2, -0.15) is 0 Å². The van der Waals surface area contributed by atoms with Gasteiger partial charge in [0.15, 0.2) is 6.29 Å². The Hall–Kier alpha value is -2.74. The van der Waals surface area contributed by atoms with Gasteiger partial charge in [0.05, 0.1) is 5.56 Å². The van der Waals surface area contributed by atoms with Crippen LogP contribution in [0.2, 0.25) is 0 Å². The van der Waals surface area contributed by atoms with Crippen LogP contribution in [-0.4, -0.2) is 79.6 Å². The van der Waals surface area contributed by atoms with E-state index in [0.29, 0.717) is 11.8 Å². The summed E-state index contributed by atoms with van der Waals surface area (Å²) in [6.45, 7) is 4.99. The third-order valence-corrected chi connectivity index (χ3v) is 7.37. The molecule has 1 atom stereocenters. The van der Waals surface area contributed by atoms with Crippen molar-refractivity contribution in [3.8, 4) is 0 Å². The van der Waals surface area contributed by atoms with E-state index in [1.165, 1.54) is 50.6 Å². The molecule has 8 heteroatoms. The molecule has 33 heavy (non-hydrogen) atoms. The zero-order valence-corrected chi connectivity index (χ0v) is 19.4. The van der Waals surface area contributed by atoms with Gasteiger partial charge in [-0.25, -0.2) is 0 Å². The number of likely N-dealkylation sites (N-methyl/N-ethyl adjacent to an activating group) is 1. The van der Waals surface area contributed by atoms with E-state index in [0.717, 1.165) is 37.8 Å². The van der Waals surface area contributed by atoms with Gasteiger partial charge in [0.2, 0.25) is 11.8 Å². The highest BCUT2D eigenvalue weighted by Gasteiger charge is 2.33. The summed E-state index contributed by atoms with van der Waals surface area (Å²) in [5.74, 6) is -0.361. The fourth-order valence-corrected chi connectivity index (χ4v) is 5.35. The van der Waals surface area contributed by atoms with Crippen molar-refractivity contribution in [2.75, 3.05) is 44.7 Å². The SMILES string of the molecule is CN(C(=O)c1ccc(N2CCN(CC3CCCCC3)CC2)cc1C=O)C1CCC(=O)NC1=O. The molecule has 0 aromatic heterocycles. The van der Waals surface area contributed by atoms with Crippen LogP contribution in [0.25, 0.3) is 0 Å². The highest BCUT2D eigenvalue weighted by Crippen LogP contribution is 2.26.